The van der Waals surface area contributed by atoms with Gasteiger partial charge in [-0.05, 0) is 24.0 Å². The second-order valence-corrected chi connectivity index (χ2v) is 7.76. The standard InChI is InChI=1S/C21H28N6O2/c1-2-15-3-5-16(6-4-15)14-26-10-9-18-24-25-19(27(18)12-11-26)13-22-21(29)17-7-8-20(28)23-17/h3-6,17H,2,7-14H2,1H3,(H,22,29)(H,23,28). The van der Waals surface area contributed by atoms with Crippen molar-refractivity contribution in [1.82, 2.24) is 30.3 Å². The molecule has 0 spiro atoms. The first kappa shape index (κ1) is 19.6. The maximum absolute atomic E-state index is 12.2. The van der Waals surface area contributed by atoms with Gasteiger partial charge >= 0.3 is 0 Å². The van der Waals surface area contributed by atoms with Gasteiger partial charge in [-0.15, -0.1) is 10.2 Å². The number of aryl methyl sites for hydroxylation is 1. The average molecular weight is 396 g/mol. The Morgan fingerprint density at radius 1 is 1.14 bits per heavy atom. The smallest absolute Gasteiger partial charge is 0.242 e. The van der Waals surface area contributed by atoms with E-state index in [9.17, 15) is 9.59 Å². The third-order valence-corrected chi connectivity index (χ3v) is 5.77. The Bertz CT molecular complexity index is 876. The minimum Gasteiger partial charge on any atom is -0.347 e. The first-order chi connectivity index (χ1) is 14.1. The maximum Gasteiger partial charge on any atom is 0.242 e. The summed E-state index contributed by atoms with van der Waals surface area (Å²) in [6, 6.07) is 8.41. The van der Waals surface area contributed by atoms with E-state index in [1.807, 2.05) is 0 Å². The number of carbonyl (C=O) groups excluding carboxylic acids is 2. The number of carbonyl (C=O) groups is 2. The van der Waals surface area contributed by atoms with Crippen molar-refractivity contribution in [3.8, 4) is 0 Å². The van der Waals surface area contributed by atoms with Crippen LogP contribution in [0.1, 0.15) is 42.5 Å². The van der Waals surface area contributed by atoms with Gasteiger partial charge in [0.2, 0.25) is 11.8 Å². The zero-order valence-electron chi connectivity index (χ0n) is 16.9. The quantitative estimate of drug-likeness (QED) is 0.753. The van der Waals surface area contributed by atoms with Crippen molar-refractivity contribution < 1.29 is 9.59 Å². The number of aromatic nitrogens is 3. The number of fused-ring (bicyclic) bond motifs is 1. The Labute approximate surface area is 170 Å². The largest absolute Gasteiger partial charge is 0.347 e. The van der Waals surface area contributed by atoms with Crippen LogP contribution in [0.4, 0.5) is 0 Å². The van der Waals surface area contributed by atoms with E-state index in [2.05, 4.69) is 61.5 Å². The molecule has 0 radical (unpaired) electrons. The minimum absolute atomic E-state index is 0.0640. The Morgan fingerprint density at radius 3 is 2.66 bits per heavy atom. The molecule has 1 unspecified atom stereocenters. The monoisotopic (exact) mass is 396 g/mol. The molecule has 4 rings (SSSR count). The molecule has 0 saturated carbocycles. The van der Waals surface area contributed by atoms with E-state index in [0.29, 0.717) is 19.4 Å². The molecular formula is C21H28N6O2. The molecule has 1 fully saturated rings. The van der Waals surface area contributed by atoms with E-state index in [1.165, 1.54) is 11.1 Å². The molecule has 1 saturated heterocycles. The van der Waals surface area contributed by atoms with Crippen LogP contribution in [0.15, 0.2) is 24.3 Å². The van der Waals surface area contributed by atoms with Crippen molar-refractivity contribution in [2.24, 2.45) is 0 Å². The number of amides is 2. The molecule has 8 nitrogen and oxygen atoms in total. The van der Waals surface area contributed by atoms with E-state index >= 15 is 0 Å². The summed E-state index contributed by atoms with van der Waals surface area (Å²) in [5, 5.41) is 14.2. The van der Waals surface area contributed by atoms with Crippen LogP contribution in [0, 0.1) is 0 Å². The number of rotatable bonds is 6. The molecule has 1 aromatic carbocycles. The number of hydrogen-bond acceptors (Lipinski definition) is 5. The van der Waals surface area contributed by atoms with E-state index in [-0.39, 0.29) is 11.8 Å². The predicted octanol–water partition coefficient (Wildman–Crippen LogP) is 0.794. The molecule has 1 atom stereocenters. The zero-order chi connectivity index (χ0) is 20.2. The fourth-order valence-corrected chi connectivity index (χ4v) is 3.95. The molecule has 29 heavy (non-hydrogen) atoms. The molecule has 8 heteroatoms. The van der Waals surface area contributed by atoms with Gasteiger partial charge in [0.05, 0.1) is 6.54 Å². The summed E-state index contributed by atoms with van der Waals surface area (Å²) in [6.45, 7) is 6.09. The van der Waals surface area contributed by atoms with E-state index in [1.54, 1.807) is 0 Å². The van der Waals surface area contributed by atoms with Gasteiger partial charge in [-0.1, -0.05) is 31.2 Å². The summed E-state index contributed by atoms with van der Waals surface area (Å²) in [4.78, 5) is 26.0. The van der Waals surface area contributed by atoms with Crippen molar-refractivity contribution in [3.05, 3.63) is 47.0 Å². The van der Waals surface area contributed by atoms with Crippen LogP contribution in [0.2, 0.25) is 0 Å². The van der Waals surface area contributed by atoms with E-state index in [4.69, 9.17) is 0 Å². The first-order valence-corrected chi connectivity index (χ1v) is 10.4. The van der Waals surface area contributed by atoms with Crippen molar-refractivity contribution >= 4 is 11.8 Å². The molecule has 2 aliphatic heterocycles. The van der Waals surface area contributed by atoms with Gasteiger partial charge in [-0.25, -0.2) is 0 Å². The Balaban J connectivity index is 1.32. The van der Waals surface area contributed by atoms with Crippen LogP contribution in [0.5, 0.6) is 0 Å². The number of nitrogens with zero attached hydrogens (tertiary/aromatic N) is 4. The summed E-state index contributed by atoms with van der Waals surface area (Å²) < 4.78 is 2.12. The Hall–Kier alpha value is -2.74. The van der Waals surface area contributed by atoms with E-state index in [0.717, 1.165) is 50.7 Å². The molecule has 2 N–H and O–H groups in total. The van der Waals surface area contributed by atoms with Crippen LogP contribution in [-0.4, -0.2) is 50.6 Å². The zero-order valence-corrected chi connectivity index (χ0v) is 16.9. The van der Waals surface area contributed by atoms with Crippen molar-refractivity contribution in [2.45, 2.75) is 58.3 Å². The highest BCUT2D eigenvalue weighted by atomic mass is 16.2. The summed E-state index contributed by atoms with van der Waals surface area (Å²) in [6.07, 6.45) is 2.86. The lowest BCUT2D eigenvalue weighted by atomic mass is 10.1. The van der Waals surface area contributed by atoms with Gasteiger partial charge in [-0.3, -0.25) is 14.5 Å². The van der Waals surface area contributed by atoms with Gasteiger partial charge < -0.3 is 15.2 Å². The van der Waals surface area contributed by atoms with Gasteiger partial charge in [0.25, 0.3) is 0 Å². The molecule has 0 aliphatic carbocycles. The van der Waals surface area contributed by atoms with Crippen molar-refractivity contribution in [1.29, 1.82) is 0 Å². The third kappa shape index (κ3) is 4.64. The van der Waals surface area contributed by atoms with Crippen molar-refractivity contribution in [3.63, 3.8) is 0 Å². The minimum atomic E-state index is -0.427. The average Bonchev–Trinajstić information content (AvgIpc) is 3.29. The second-order valence-electron chi connectivity index (χ2n) is 7.76. The summed E-state index contributed by atoms with van der Waals surface area (Å²) in [7, 11) is 0. The topological polar surface area (TPSA) is 92.2 Å². The normalized spacial score (nSPS) is 19.5. The lowest BCUT2D eigenvalue weighted by Gasteiger charge is -2.20. The third-order valence-electron chi connectivity index (χ3n) is 5.77. The number of nitrogens with one attached hydrogen (secondary N) is 2. The van der Waals surface area contributed by atoms with Gasteiger partial charge in [0.15, 0.2) is 5.82 Å². The second kappa shape index (κ2) is 8.73. The fraction of sp³-hybridized carbons (Fsp3) is 0.524. The molecule has 2 aromatic rings. The molecule has 0 bridgehead atoms. The van der Waals surface area contributed by atoms with Crippen molar-refractivity contribution in [2.75, 3.05) is 13.1 Å². The highest BCUT2D eigenvalue weighted by molar-refractivity contribution is 5.90. The molecule has 154 valence electrons. The predicted molar refractivity (Wildman–Crippen MR) is 108 cm³/mol. The van der Waals surface area contributed by atoms with Crippen LogP contribution in [0.25, 0.3) is 0 Å². The van der Waals surface area contributed by atoms with Gasteiger partial charge in [0.1, 0.15) is 11.9 Å². The molecule has 2 amide bonds. The molecular weight excluding hydrogens is 368 g/mol. The van der Waals surface area contributed by atoms with Gasteiger partial charge in [-0.2, -0.15) is 0 Å². The Morgan fingerprint density at radius 2 is 1.93 bits per heavy atom. The van der Waals surface area contributed by atoms with Crippen LogP contribution < -0.4 is 10.6 Å². The SMILES string of the molecule is CCc1ccc(CN2CCc3nnc(CNC(=O)C4CCC(=O)N4)n3CC2)cc1. The lowest BCUT2D eigenvalue weighted by molar-refractivity contribution is -0.125. The maximum atomic E-state index is 12.2. The fourth-order valence-electron chi connectivity index (χ4n) is 3.95. The lowest BCUT2D eigenvalue weighted by Crippen LogP contribution is -2.41. The van der Waals surface area contributed by atoms with Gasteiger partial charge in [0, 0.05) is 39.0 Å². The number of hydrogen-bond donors (Lipinski definition) is 2. The van der Waals surface area contributed by atoms with Crippen LogP contribution in [-0.2, 0) is 42.1 Å². The molecule has 1 aromatic heterocycles. The van der Waals surface area contributed by atoms with Crippen LogP contribution in [0.3, 0.4) is 0 Å². The highest BCUT2D eigenvalue weighted by Crippen LogP contribution is 2.14. The highest BCUT2D eigenvalue weighted by Gasteiger charge is 2.27. The Kier molecular flexibility index (Phi) is 5.89. The van der Waals surface area contributed by atoms with Crippen LogP contribution >= 0.6 is 0 Å². The first-order valence-electron chi connectivity index (χ1n) is 10.4. The number of benzene rings is 1. The summed E-state index contributed by atoms with van der Waals surface area (Å²) in [5.74, 6) is 1.52. The summed E-state index contributed by atoms with van der Waals surface area (Å²) in [5.41, 5.74) is 2.69. The molecule has 3 heterocycles. The summed E-state index contributed by atoms with van der Waals surface area (Å²) >= 11 is 0. The molecule has 2 aliphatic rings. The van der Waals surface area contributed by atoms with E-state index < -0.39 is 6.04 Å².